The fourth-order valence-electron chi connectivity index (χ4n) is 2.45. The summed E-state index contributed by atoms with van der Waals surface area (Å²) in [6.07, 6.45) is 5.21. The van der Waals surface area contributed by atoms with Crippen molar-refractivity contribution in [3.05, 3.63) is 23.2 Å². The fraction of sp³-hybridized carbons (Fsp3) is 0.600. The summed E-state index contributed by atoms with van der Waals surface area (Å²) in [7, 11) is 4.14. The Morgan fingerprint density at radius 1 is 1.39 bits per heavy atom. The van der Waals surface area contributed by atoms with Crippen molar-refractivity contribution >= 4 is 23.0 Å². The molecule has 0 amide bonds. The SMILES string of the molecule is CCCC(Nc1cc(Cl)ccc1N(C)C)C1CC1. The second-order valence-electron chi connectivity index (χ2n) is 5.43. The van der Waals surface area contributed by atoms with Gasteiger partial charge in [-0.2, -0.15) is 0 Å². The van der Waals surface area contributed by atoms with Gasteiger partial charge in [0.05, 0.1) is 11.4 Å². The van der Waals surface area contributed by atoms with Crippen LogP contribution in [0.1, 0.15) is 32.6 Å². The normalized spacial score (nSPS) is 16.4. The van der Waals surface area contributed by atoms with Crippen LogP contribution in [0.25, 0.3) is 0 Å². The van der Waals surface area contributed by atoms with Crippen LogP contribution in [0.5, 0.6) is 0 Å². The Hall–Kier alpha value is -0.890. The number of hydrogen-bond donors (Lipinski definition) is 1. The van der Waals surface area contributed by atoms with Gasteiger partial charge in [0.25, 0.3) is 0 Å². The van der Waals surface area contributed by atoms with E-state index < -0.39 is 0 Å². The topological polar surface area (TPSA) is 15.3 Å². The van der Waals surface area contributed by atoms with E-state index in [0.717, 1.165) is 16.6 Å². The van der Waals surface area contributed by atoms with Gasteiger partial charge in [0.2, 0.25) is 0 Å². The van der Waals surface area contributed by atoms with Crippen molar-refractivity contribution in [2.75, 3.05) is 24.3 Å². The van der Waals surface area contributed by atoms with Crippen molar-refractivity contribution in [1.29, 1.82) is 0 Å². The molecule has 0 radical (unpaired) electrons. The average molecular weight is 267 g/mol. The van der Waals surface area contributed by atoms with Crippen LogP contribution in [0.4, 0.5) is 11.4 Å². The van der Waals surface area contributed by atoms with Gasteiger partial charge >= 0.3 is 0 Å². The third-order valence-corrected chi connectivity index (χ3v) is 3.81. The van der Waals surface area contributed by atoms with Gasteiger partial charge in [-0.05, 0) is 43.4 Å². The molecule has 0 saturated heterocycles. The Kier molecular flexibility index (Phi) is 4.39. The smallest absolute Gasteiger partial charge is 0.0597 e. The molecular weight excluding hydrogens is 244 g/mol. The summed E-state index contributed by atoms with van der Waals surface area (Å²) in [5.41, 5.74) is 2.37. The summed E-state index contributed by atoms with van der Waals surface area (Å²) < 4.78 is 0. The van der Waals surface area contributed by atoms with Gasteiger partial charge in [0.15, 0.2) is 0 Å². The molecule has 2 rings (SSSR count). The maximum Gasteiger partial charge on any atom is 0.0597 e. The van der Waals surface area contributed by atoms with Gasteiger partial charge < -0.3 is 10.2 Å². The van der Waals surface area contributed by atoms with Gasteiger partial charge in [-0.15, -0.1) is 0 Å². The summed E-state index contributed by atoms with van der Waals surface area (Å²) in [4.78, 5) is 2.13. The molecule has 0 spiro atoms. The molecule has 1 aliphatic carbocycles. The van der Waals surface area contributed by atoms with Gasteiger partial charge in [-0.25, -0.2) is 0 Å². The molecular formula is C15H23ClN2. The highest BCUT2D eigenvalue weighted by Gasteiger charge is 2.30. The predicted octanol–water partition coefficient (Wildman–Crippen LogP) is 4.40. The highest BCUT2D eigenvalue weighted by atomic mass is 35.5. The number of nitrogens with zero attached hydrogens (tertiary/aromatic N) is 1. The number of nitrogens with one attached hydrogen (secondary N) is 1. The number of hydrogen-bond acceptors (Lipinski definition) is 2. The number of halogens is 1. The molecule has 1 aromatic rings. The molecule has 0 bridgehead atoms. The molecule has 1 saturated carbocycles. The van der Waals surface area contributed by atoms with E-state index >= 15 is 0 Å². The van der Waals surface area contributed by atoms with Gasteiger partial charge in [0.1, 0.15) is 0 Å². The van der Waals surface area contributed by atoms with Crippen LogP contribution in [0.2, 0.25) is 5.02 Å². The van der Waals surface area contributed by atoms with E-state index in [2.05, 4.69) is 37.3 Å². The van der Waals surface area contributed by atoms with Gasteiger partial charge in [-0.3, -0.25) is 0 Å². The molecule has 100 valence electrons. The summed E-state index contributed by atoms with van der Waals surface area (Å²) in [6.45, 7) is 2.25. The van der Waals surface area contributed by atoms with E-state index in [-0.39, 0.29) is 0 Å². The zero-order valence-corrected chi connectivity index (χ0v) is 12.3. The van der Waals surface area contributed by atoms with E-state index in [4.69, 9.17) is 11.6 Å². The Morgan fingerprint density at radius 3 is 2.67 bits per heavy atom. The third-order valence-electron chi connectivity index (χ3n) is 3.57. The van der Waals surface area contributed by atoms with Crippen LogP contribution in [0.15, 0.2) is 18.2 Å². The molecule has 1 fully saturated rings. The summed E-state index contributed by atoms with van der Waals surface area (Å²) in [5.74, 6) is 0.860. The Bertz CT molecular complexity index is 399. The molecule has 1 aliphatic rings. The van der Waals surface area contributed by atoms with E-state index in [1.165, 1.54) is 31.4 Å². The fourth-order valence-corrected chi connectivity index (χ4v) is 2.62. The van der Waals surface area contributed by atoms with Gasteiger partial charge in [0, 0.05) is 25.2 Å². The second kappa shape index (κ2) is 5.83. The van der Waals surface area contributed by atoms with E-state index in [1.807, 2.05) is 12.1 Å². The first-order valence-electron chi connectivity index (χ1n) is 6.85. The van der Waals surface area contributed by atoms with E-state index in [0.29, 0.717) is 6.04 Å². The van der Waals surface area contributed by atoms with Crippen LogP contribution in [-0.2, 0) is 0 Å². The molecule has 1 unspecified atom stereocenters. The lowest BCUT2D eigenvalue weighted by molar-refractivity contribution is 0.578. The van der Waals surface area contributed by atoms with Crippen molar-refractivity contribution in [1.82, 2.24) is 0 Å². The lowest BCUT2D eigenvalue weighted by Crippen LogP contribution is -2.23. The third kappa shape index (κ3) is 3.32. The molecule has 0 aliphatic heterocycles. The summed E-state index contributed by atoms with van der Waals surface area (Å²) in [5, 5.41) is 4.51. The second-order valence-corrected chi connectivity index (χ2v) is 5.87. The van der Waals surface area contributed by atoms with Crippen molar-refractivity contribution in [2.45, 2.75) is 38.6 Å². The first-order valence-corrected chi connectivity index (χ1v) is 7.23. The minimum absolute atomic E-state index is 0.604. The quantitative estimate of drug-likeness (QED) is 0.821. The lowest BCUT2D eigenvalue weighted by Gasteiger charge is -2.24. The molecule has 1 N–H and O–H groups in total. The highest BCUT2D eigenvalue weighted by molar-refractivity contribution is 6.31. The number of benzene rings is 1. The van der Waals surface area contributed by atoms with Crippen LogP contribution in [0.3, 0.4) is 0 Å². The summed E-state index contributed by atoms with van der Waals surface area (Å²) >= 11 is 6.12. The Morgan fingerprint density at radius 2 is 2.11 bits per heavy atom. The Labute approximate surface area is 115 Å². The molecule has 3 heteroatoms. The van der Waals surface area contributed by atoms with E-state index in [1.54, 1.807) is 0 Å². The molecule has 0 heterocycles. The molecule has 0 aromatic heterocycles. The van der Waals surface area contributed by atoms with Crippen LogP contribution < -0.4 is 10.2 Å². The molecule has 18 heavy (non-hydrogen) atoms. The van der Waals surface area contributed by atoms with Crippen LogP contribution in [0, 0.1) is 5.92 Å². The average Bonchev–Trinajstić information content (AvgIpc) is 3.12. The van der Waals surface area contributed by atoms with Crippen molar-refractivity contribution in [2.24, 2.45) is 5.92 Å². The Balaban J connectivity index is 2.17. The maximum atomic E-state index is 6.12. The zero-order chi connectivity index (χ0) is 13.1. The highest BCUT2D eigenvalue weighted by Crippen LogP contribution is 2.38. The largest absolute Gasteiger partial charge is 0.380 e. The van der Waals surface area contributed by atoms with Crippen molar-refractivity contribution in [3.63, 3.8) is 0 Å². The minimum atomic E-state index is 0.604. The number of anilines is 2. The standard InChI is InChI=1S/C15H23ClN2/c1-4-5-13(11-6-7-11)17-14-10-12(16)8-9-15(14)18(2)3/h8-11,13,17H,4-7H2,1-3H3. The first-order chi connectivity index (χ1) is 8.61. The first kappa shape index (κ1) is 13.5. The predicted molar refractivity (Wildman–Crippen MR) is 80.8 cm³/mol. The molecule has 1 aromatic carbocycles. The van der Waals surface area contributed by atoms with E-state index in [9.17, 15) is 0 Å². The summed E-state index contributed by atoms with van der Waals surface area (Å²) in [6, 6.07) is 6.68. The number of rotatable bonds is 6. The maximum absolute atomic E-state index is 6.12. The molecule has 2 nitrogen and oxygen atoms in total. The van der Waals surface area contributed by atoms with Gasteiger partial charge in [-0.1, -0.05) is 24.9 Å². The van der Waals surface area contributed by atoms with Crippen molar-refractivity contribution in [3.8, 4) is 0 Å². The zero-order valence-electron chi connectivity index (χ0n) is 11.5. The lowest BCUT2D eigenvalue weighted by atomic mass is 10.1. The van der Waals surface area contributed by atoms with Crippen molar-refractivity contribution < 1.29 is 0 Å². The molecule has 1 atom stereocenters. The monoisotopic (exact) mass is 266 g/mol. The van der Waals surface area contributed by atoms with Crippen LogP contribution in [-0.4, -0.2) is 20.1 Å². The minimum Gasteiger partial charge on any atom is -0.380 e. The van der Waals surface area contributed by atoms with Crippen LogP contribution >= 0.6 is 11.6 Å².